The van der Waals surface area contributed by atoms with Gasteiger partial charge >= 0.3 is 0 Å². The molecule has 3 N–H and O–H groups in total. The highest BCUT2D eigenvalue weighted by atomic mass is 16.3. The number of rotatable bonds is 9. The van der Waals surface area contributed by atoms with Crippen LogP contribution in [0.1, 0.15) is 52.8 Å². The molecule has 0 amide bonds. The predicted octanol–water partition coefficient (Wildman–Crippen LogP) is 5.43. The molecular weight excluding hydrogens is 472 g/mol. The summed E-state index contributed by atoms with van der Waals surface area (Å²) in [6.45, 7) is 2.73. The Hall–Kier alpha value is -4.07. The van der Waals surface area contributed by atoms with Crippen LogP contribution >= 0.6 is 0 Å². The number of nitrogens with one attached hydrogen (secondary N) is 2. The lowest BCUT2D eigenvalue weighted by molar-refractivity contribution is 0.153. The van der Waals surface area contributed by atoms with Gasteiger partial charge in [0.1, 0.15) is 11.6 Å². The van der Waals surface area contributed by atoms with E-state index in [1.165, 1.54) is 22.4 Å². The Labute approximate surface area is 222 Å². The van der Waals surface area contributed by atoms with Gasteiger partial charge in [0.25, 0.3) is 0 Å². The zero-order chi connectivity index (χ0) is 25.7. The molecule has 0 bridgehead atoms. The van der Waals surface area contributed by atoms with Crippen molar-refractivity contribution in [1.29, 1.82) is 0 Å². The molecule has 2 aromatic carbocycles. The number of aromatic hydroxyl groups is 1. The second kappa shape index (κ2) is 11.1. The Morgan fingerprint density at radius 1 is 0.895 bits per heavy atom. The first-order valence-corrected chi connectivity index (χ1v) is 13.3. The van der Waals surface area contributed by atoms with Crippen molar-refractivity contribution in [2.24, 2.45) is 0 Å². The normalized spacial score (nSPS) is 15.1. The molecule has 0 fully saturated rings. The van der Waals surface area contributed by atoms with Gasteiger partial charge in [-0.1, -0.05) is 42.5 Å². The number of aromatic amines is 1. The molecule has 1 aliphatic rings. The smallest absolute Gasteiger partial charge is 0.138 e. The number of H-pyrrole nitrogens is 1. The highest BCUT2D eigenvalue weighted by molar-refractivity contribution is 5.74. The highest BCUT2D eigenvalue weighted by Gasteiger charge is 2.28. The maximum atomic E-state index is 9.99. The summed E-state index contributed by atoms with van der Waals surface area (Å²) in [5.41, 5.74) is 7.72. The van der Waals surface area contributed by atoms with E-state index in [0.717, 1.165) is 49.2 Å². The van der Waals surface area contributed by atoms with E-state index in [4.69, 9.17) is 9.97 Å². The fourth-order valence-corrected chi connectivity index (χ4v) is 5.45. The number of para-hydroxylation sites is 2. The van der Waals surface area contributed by atoms with Crippen molar-refractivity contribution in [1.82, 2.24) is 30.2 Å². The zero-order valence-electron chi connectivity index (χ0n) is 21.3. The van der Waals surface area contributed by atoms with E-state index in [1.807, 2.05) is 24.4 Å². The summed E-state index contributed by atoms with van der Waals surface area (Å²) in [7, 11) is 0. The number of aromatic nitrogens is 4. The van der Waals surface area contributed by atoms with E-state index in [1.54, 1.807) is 18.3 Å². The lowest BCUT2D eigenvalue weighted by atomic mass is 9.90. The first kappa shape index (κ1) is 24.3. The molecule has 192 valence electrons. The number of fused-ring (bicyclic) bond motifs is 2. The van der Waals surface area contributed by atoms with Crippen LogP contribution in [0.25, 0.3) is 11.0 Å². The number of pyridine rings is 2. The molecule has 5 aromatic rings. The van der Waals surface area contributed by atoms with Gasteiger partial charge in [-0.05, 0) is 66.3 Å². The SMILES string of the molecule is Oc1cccnc1CNCc1cccc(CN(Cc2nc3ccccc3[nH]2)C2CCCc3cccnc32)c1. The third-order valence-electron chi connectivity index (χ3n) is 7.26. The van der Waals surface area contributed by atoms with Crippen LogP contribution in [0.4, 0.5) is 0 Å². The van der Waals surface area contributed by atoms with E-state index >= 15 is 0 Å². The van der Waals surface area contributed by atoms with Crippen LogP contribution < -0.4 is 5.32 Å². The second-order valence-corrected chi connectivity index (χ2v) is 9.95. The van der Waals surface area contributed by atoms with Crippen molar-refractivity contribution in [3.05, 3.63) is 119 Å². The van der Waals surface area contributed by atoms with E-state index in [9.17, 15) is 5.11 Å². The summed E-state index contributed by atoms with van der Waals surface area (Å²) in [4.78, 5) is 20.0. The van der Waals surface area contributed by atoms with Crippen LogP contribution in [0.3, 0.4) is 0 Å². The molecule has 0 radical (unpaired) electrons. The summed E-state index contributed by atoms with van der Waals surface area (Å²) >= 11 is 0. The van der Waals surface area contributed by atoms with Crippen molar-refractivity contribution in [2.45, 2.75) is 51.5 Å². The third-order valence-corrected chi connectivity index (χ3v) is 7.26. The number of nitrogens with zero attached hydrogens (tertiary/aromatic N) is 4. The molecular formula is C31H32N6O. The summed E-state index contributed by atoms with van der Waals surface area (Å²) in [5.74, 6) is 1.19. The summed E-state index contributed by atoms with van der Waals surface area (Å²) in [6.07, 6.45) is 6.95. The number of hydrogen-bond donors (Lipinski definition) is 3. The minimum atomic E-state index is 0.219. The molecule has 3 aromatic heterocycles. The van der Waals surface area contributed by atoms with Crippen molar-refractivity contribution in [2.75, 3.05) is 0 Å². The van der Waals surface area contributed by atoms with Gasteiger partial charge in [0.15, 0.2) is 0 Å². The molecule has 7 nitrogen and oxygen atoms in total. The first-order chi connectivity index (χ1) is 18.7. The standard InChI is InChI=1S/C31H32N6O/c38-29-14-6-15-33-27(29)19-32-18-22-7-3-8-23(17-22)20-37(21-30-35-25-11-1-2-12-26(25)36-30)28-13-4-9-24-10-5-16-34-31(24)28/h1-3,5-8,10-12,14-17,28,32,38H,4,9,13,18-21H2,(H,35,36). The Morgan fingerprint density at radius 2 is 1.76 bits per heavy atom. The van der Waals surface area contributed by atoms with Gasteiger partial charge in [-0.2, -0.15) is 0 Å². The van der Waals surface area contributed by atoms with Crippen LogP contribution in [0.5, 0.6) is 5.75 Å². The van der Waals surface area contributed by atoms with Gasteiger partial charge in [-0.3, -0.25) is 14.9 Å². The molecule has 1 atom stereocenters. The maximum Gasteiger partial charge on any atom is 0.138 e. The van der Waals surface area contributed by atoms with Gasteiger partial charge in [0.05, 0.1) is 35.0 Å². The van der Waals surface area contributed by atoms with Crippen LogP contribution in [-0.4, -0.2) is 29.9 Å². The third kappa shape index (κ3) is 5.44. The number of hydrogen-bond acceptors (Lipinski definition) is 6. The molecule has 38 heavy (non-hydrogen) atoms. The lowest BCUT2D eigenvalue weighted by Crippen LogP contribution is -2.32. The van der Waals surface area contributed by atoms with Crippen LogP contribution in [0.2, 0.25) is 0 Å². The van der Waals surface area contributed by atoms with Gasteiger partial charge in [0, 0.05) is 32.0 Å². The second-order valence-electron chi connectivity index (χ2n) is 9.95. The Balaban J connectivity index is 1.23. The molecule has 1 aliphatic carbocycles. The van der Waals surface area contributed by atoms with Crippen molar-refractivity contribution >= 4 is 11.0 Å². The number of imidazole rings is 1. The zero-order valence-corrected chi connectivity index (χ0v) is 21.3. The Morgan fingerprint density at radius 3 is 2.68 bits per heavy atom. The Bertz CT molecular complexity index is 1500. The molecule has 3 heterocycles. The minimum Gasteiger partial charge on any atom is -0.506 e. The predicted molar refractivity (Wildman–Crippen MR) is 148 cm³/mol. The topological polar surface area (TPSA) is 90.0 Å². The monoisotopic (exact) mass is 504 g/mol. The molecule has 7 heteroatoms. The van der Waals surface area contributed by atoms with E-state index in [2.05, 4.69) is 62.6 Å². The molecule has 0 aliphatic heterocycles. The summed E-state index contributed by atoms with van der Waals surface area (Å²) in [5, 5.41) is 13.4. The molecule has 6 rings (SSSR count). The molecule has 1 unspecified atom stereocenters. The van der Waals surface area contributed by atoms with Gasteiger partial charge in [-0.25, -0.2) is 4.98 Å². The molecule has 0 saturated carbocycles. The molecule has 0 saturated heterocycles. The number of benzene rings is 2. The fraction of sp³-hybridized carbons (Fsp3) is 0.258. The van der Waals surface area contributed by atoms with E-state index < -0.39 is 0 Å². The average molecular weight is 505 g/mol. The maximum absolute atomic E-state index is 9.99. The van der Waals surface area contributed by atoms with Crippen LogP contribution in [-0.2, 0) is 32.6 Å². The molecule has 0 spiro atoms. The minimum absolute atomic E-state index is 0.219. The van der Waals surface area contributed by atoms with Crippen molar-refractivity contribution in [3.63, 3.8) is 0 Å². The van der Waals surface area contributed by atoms with Crippen molar-refractivity contribution < 1.29 is 5.11 Å². The fourth-order valence-electron chi connectivity index (χ4n) is 5.45. The lowest BCUT2D eigenvalue weighted by Gasteiger charge is -2.34. The van der Waals surface area contributed by atoms with Gasteiger partial charge < -0.3 is 15.4 Å². The largest absolute Gasteiger partial charge is 0.506 e. The van der Waals surface area contributed by atoms with Gasteiger partial charge in [0.2, 0.25) is 0 Å². The summed E-state index contributed by atoms with van der Waals surface area (Å²) in [6, 6.07) is 24.8. The Kier molecular flexibility index (Phi) is 7.11. The van der Waals surface area contributed by atoms with E-state index in [0.29, 0.717) is 18.8 Å². The average Bonchev–Trinajstić information content (AvgIpc) is 3.36. The summed E-state index contributed by atoms with van der Waals surface area (Å²) < 4.78 is 0. The van der Waals surface area contributed by atoms with Crippen LogP contribution in [0.15, 0.2) is 85.2 Å². The van der Waals surface area contributed by atoms with Crippen molar-refractivity contribution in [3.8, 4) is 5.75 Å². The van der Waals surface area contributed by atoms with E-state index in [-0.39, 0.29) is 11.8 Å². The van der Waals surface area contributed by atoms with Crippen LogP contribution in [0, 0.1) is 0 Å². The highest BCUT2D eigenvalue weighted by Crippen LogP contribution is 2.34. The first-order valence-electron chi connectivity index (χ1n) is 13.3. The quantitative estimate of drug-likeness (QED) is 0.248. The van der Waals surface area contributed by atoms with Gasteiger partial charge in [-0.15, -0.1) is 0 Å². The number of aryl methyl sites for hydroxylation is 1.